The Kier molecular flexibility index (Phi) is 7.33. The Hall–Kier alpha value is -4.20. The molecular weight excluding hydrogens is 467 g/mol. The molecule has 0 unspecified atom stereocenters. The Bertz CT molecular complexity index is 1390. The third-order valence-corrected chi connectivity index (χ3v) is 5.63. The predicted octanol–water partition coefficient (Wildman–Crippen LogP) is 6.76. The van der Waals surface area contributed by atoms with Gasteiger partial charge in [-0.3, -0.25) is 9.78 Å². The zero-order valence-corrected chi connectivity index (χ0v) is 19.8. The average molecular weight is 492 g/mol. The lowest BCUT2D eigenvalue weighted by Gasteiger charge is -2.14. The van der Waals surface area contributed by atoms with Gasteiger partial charge >= 0.3 is 6.18 Å². The van der Waals surface area contributed by atoms with E-state index in [1.807, 2.05) is 38.1 Å². The van der Waals surface area contributed by atoms with E-state index in [4.69, 9.17) is 4.74 Å². The van der Waals surface area contributed by atoms with Gasteiger partial charge in [0, 0.05) is 35.8 Å². The minimum Gasteiger partial charge on any atom is -0.438 e. The summed E-state index contributed by atoms with van der Waals surface area (Å²) in [7, 11) is 0. The smallest absolute Gasteiger partial charge is 0.416 e. The summed E-state index contributed by atoms with van der Waals surface area (Å²) in [6, 6.07) is 17.4. The molecule has 8 heteroatoms. The zero-order valence-electron chi connectivity index (χ0n) is 19.8. The van der Waals surface area contributed by atoms with Crippen LogP contribution in [0.25, 0.3) is 11.1 Å². The minimum atomic E-state index is -4.44. The number of nitrogens with one attached hydrogen (secondary N) is 1. The van der Waals surface area contributed by atoms with Gasteiger partial charge in [0.15, 0.2) is 0 Å². The van der Waals surface area contributed by atoms with E-state index in [0.717, 1.165) is 40.9 Å². The maximum absolute atomic E-state index is 13.0. The molecule has 0 atom stereocenters. The first-order chi connectivity index (χ1) is 17.2. The summed E-state index contributed by atoms with van der Waals surface area (Å²) >= 11 is 0. The number of ether oxygens (including phenoxy) is 1. The van der Waals surface area contributed by atoms with E-state index in [0.29, 0.717) is 22.8 Å². The maximum Gasteiger partial charge on any atom is 0.416 e. The third kappa shape index (κ3) is 5.89. The molecule has 1 amide bonds. The molecule has 0 radical (unpaired) electrons. The van der Waals surface area contributed by atoms with Crippen molar-refractivity contribution >= 4 is 5.91 Å². The Morgan fingerprint density at radius 3 is 2.58 bits per heavy atom. The number of aryl methyl sites for hydroxylation is 2. The van der Waals surface area contributed by atoms with Crippen LogP contribution in [0.2, 0.25) is 0 Å². The number of hydrogen-bond donors (Lipinski definition) is 1. The molecule has 0 saturated carbocycles. The van der Waals surface area contributed by atoms with E-state index in [9.17, 15) is 18.0 Å². The number of alkyl halides is 3. The second-order valence-electron chi connectivity index (χ2n) is 8.21. The summed E-state index contributed by atoms with van der Waals surface area (Å²) in [5.74, 6) is 0.405. The number of halogens is 3. The van der Waals surface area contributed by atoms with Crippen molar-refractivity contribution in [3.05, 3.63) is 107 Å². The summed E-state index contributed by atoms with van der Waals surface area (Å²) in [6.45, 7) is 3.84. The standard InChI is InChI=1S/C28H24F3N3O2/c1-3-23-15-20(11-13-32-23)24-8-5-12-33-27(24)36-25-16-21(10-9-18(25)2)26(35)34-17-19-6-4-7-22(14-19)28(29,30)31/h4-16H,3,17H2,1-2H3,(H,34,35). The van der Waals surface area contributed by atoms with Gasteiger partial charge in [0.1, 0.15) is 5.75 Å². The van der Waals surface area contributed by atoms with Crippen molar-refractivity contribution < 1.29 is 22.7 Å². The summed E-state index contributed by atoms with van der Waals surface area (Å²) in [6.07, 6.45) is -0.282. The number of carbonyl (C=O) groups is 1. The number of benzene rings is 2. The van der Waals surface area contributed by atoms with E-state index in [-0.39, 0.29) is 6.54 Å². The molecule has 2 heterocycles. The monoisotopic (exact) mass is 491 g/mol. The molecule has 0 saturated heterocycles. The molecule has 2 aromatic carbocycles. The van der Waals surface area contributed by atoms with Crippen LogP contribution in [-0.4, -0.2) is 15.9 Å². The van der Waals surface area contributed by atoms with Crippen LogP contribution >= 0.6 is 0 Å². The van der Waals surface area contributed by atoms with Gasteiger partial charge in [0.25, 0.3) is 5.91 Å². The molecule has 5 nitrogen and oxygen atoms in total. The second kappa shape index (κ2) is 10.6. The van der Waals surface area contributed by atoms with Gasteiger partial charge in [0.05, 0.1) is 5.56 Å². The van der Waals surface area contributed by atoms with Gasteiger partial charge in [-0.05, 0) is 78.6 Å². The van der Waals surface area contributed by atoms with Crippen LogP contribution in [0.5, 0.6) is 11.6 Å². The van der Waals surface area contributed by atoms with Crippen LogP contribution in [0.1, 0.15) is 39.7 Å². The summed E-state index contributed by atoms with van der Waals surface area (Å²) < 4.78 is 45.0. The van der Waals surface area contributed by atoms with E-state index >= 15 is 0 Å². The largest absolute Gasteiger partial charge is 0.438 e. The van der Waals surface area contributed by atoms with Crippen molar-refractivity contribution in [2.24, 2.45) is 0 Å². The topological polar surface area (TPSA) is 64.1 Å². The number of aromatic nitrogens is 2. The van der Waals surface area contributed by atoms with Crippen LogP contribution in [0.4, 0.5) is 13.2 Å². The van der Waals surface area contributed by atoms with Gasteiger partial charge in [-0.2, -0.15) is 13.2 Å². The number of hydrogen-bond acceptors (Lipinski definition) is 4. The Labute approximate surface area is 207 Å². The number of nitrogens with zero attached hydrogens (tertiary/aromatic N) is 2. The fourth-order valence-electron chi connectivity index (χ4n) is 3.63. The van der Waals surface area contributed by atoms with Gasteiger partial charge in [-0.15, -0.1) is 0 Å². The summed E-state index contributed by atoms with van der Waals surface area (Å²) in [4.78, 5) is 21.5. The third-order valence-electron chi connectivity index (χ3n) is 5.63. The highest BCUT2D eigenvalue weighted by Gasteiger charge is 2.30. The molecule has 4 rings (SSSR count). The van der Waals surface area contributed by atoms with Crippen LogP contribution in [0.3, 0.4) is 0 Å². The Morgan fingerprint density at radius 2 is 1.81 bits per heavy atom. The molecule has 0 aliphatic heterocycles. The maximum atomic E-state index is 13.0. The molecule has 0 aliphatic rings. The van der Waals surface area contributed by atoms with Crippen molar-refractivity contribution in [3.8, 4) is 22.8 Å². The molecule has 0 bridgehead atoms. The first-order valence-electron chi connectivity index (χ1n) is 11.4. The van der Waals surface area contributed by atoms with Crippen LogP contribution in [-0.2, 0) is 19.1 Å². The van der Waals surface area contributed by atoms with E-state index in [1.54, 1.807) is 30.6 Å². The first kappa shape index (κ1) is 24.9. The molecule has 4 aromatic rings. The molecule has 1 N–H and O–H groups in total. The lowest BCUT2D eigenvalue weighted by molar-refractivity contribution is -0.137. The number of rotatable bonds is 7. The molecule has 0 fully saturated rings. The minimum absolute atomic E-state index is 0.0426. The molecule has 36 heavy (non-hydrogen) atoms. The van der Waals surface area contributed by atoms with Gasteiger partial charge in [-0.1, -0.05) is 25.1 Å². The quantitative estimate of drug-likeness (QED) is 0.310. The van der Waals surface area contributed by atoms with Crippen LogP contribution < -0.4 is 10.1 Å². The lowest BCUT2D eigenvalue weighted by Crippen LogP contribution is -2.23. The van der Waals surface area contributed by atoms with E-state index in [1.165, 1.54) is 12.1 Å². The first-order valence-corrected chi connectivity index (χ1v) is 11.4. The zero-order chi connectivity index (χ0) is 25.7. The number of amides is 1. The molecule has 184 valence electrons. The van der Waals surface area contributed by atoms with E-state index in [2.05, 4.69) is 15.3 Å². The van der Waals surface area contributed by atoms with Crippen molar-refractivity contribution in [2.45, 2.75) is 33.0 Å². The fourth-order valence-corrected chi connectivity index (χ4v) is 3.63. The Balaban J connectivity index is 1.53. The van der Waals surface area contributed by atoms with Crippen LogP contribution in [0, 0.1) is 6.92 Å². The predicted molar refractivity (Wildman–Crippen MR) is 131 cm³/mol. The van der Waals surface area contributed by atoms with Gasteiger partial charge < -0.3 is 10.1 Å². The fraction of sp³-hybridized carbons (Fsp3) is 0.179. The molecular formula is C28H24F3N3O2. The van der Waals surface area contributed by atoms with Crippen LogP contribution in [0.15, 0.2) is 79.1 Å². The van der Waals surface area contributed by atoms with Crippen molar-refractivity contribution in [2.75, 3.05) is 0 Å². The average Bonchev–Trinajstić information content (AvgIpc) is 2.88. The van der Waals surface area contributed by atoms with E-state index < -0.39 is 17.6 Å². The van der Waals surface area contributed by atoms with Crippen molar-refractivity contribution in [3.63, 3.8) is 0 Å². The van der Waals surface area contributed by atoms with Gasteiger partial charge in [0.2, 0.25) is 5.88 Å². The summed E-state index contributed by atoms with van der Waals surface area (Å²) in [5.41, 5.74) is 3.35. The molecule has 0 spiro atoms. The molecule has 2 aromatic heterocycles. The molecule has 0 aliphatic carbocycles. The highest BCUT2D eigenvalue weighted by atomic mass is 19.4. The number of pyridine rings is 2. The normalized spacial score (nSPS) is 11.2. The lowest BCUT2D eigenvalue weighted by atomic mass is 10.1. The highest BCUT2D eigenvalue weighted by Crippen LogP contribution is 2.33. The number of carbonyl (C=O) groups excluding carboxylic acids is 1. The van der Waals surface area contributed by atoms with Crippen molar-refractivity contribution in [1.82, 2.24) is 15.3 Å². The van der Waals surface area contributed by atoms with Crippen molar-refractivity contribution in [1.29, 1.82) is 0 Å². The highest BCUT2D eigenvalue weighted by molar-refractivity contribution is 5.94. The summed E-state index contributed by atoms with van der Waals surface area (Å²) in [5, 5.41) is 2.67. The van der Waals surface area contributed by atoms with Gasteiger partial charge in [-0.25, -0.2) is 4.98 Å². The second-order valence-corrected chi connectivity index (χ2v) is 8.21. The Morgan fingerprint density at radius 1 is 0.972 bits per heavy atom. The SMILES string of the molecule is CCc1cc(-c2cccnc2Oc2cc(C(=O)NCc3cccc(C(F)(F)F)c3)ccc2C)ccn1.